The zero-order valence-corrected chi connectivity index (χ0v) is 20.6. The Labute approximate surface area is 210 Å². The molecule has 2 heterocycles. The lowest BCUT2D eigenvalue weighted by Gasteiger charge is -2.30. The molecular weight excluding hydrogens is 466 g/mol. The molecule has 8 heteroatoms. The van der Waals surface area contributed by atoms with Crippen molar-refractivity contribution in [2.24, 2.45) is 5.92 Å². The summed E-state index contributed by atoms with van der Waals surface area (Å²) in [6, 6.07) is 17.9. The first kappa shape index (κ1) is 24.9. The standard InChI is InChI=1S/C27H30ClN3O4/c1-2-34-27(33)22-12-8-14-31(17-22)26(32)24-19-35-25(29-24)18-30(15-20-9-4-3-5-10-20)16-21-11-6-7-13-23(21)28/h3-7,9-11,13,19,22H,2,8,12,14-18H2,1H3/t22-/m0/s1. The molecule has 0 aliphatic carbocycles. The van der Waals surface area contributed by atoms with Gasteiger partial charge >= 0.3 is 5.97 Å². The maximum Gasteiger partial charge on any atom is 0.310 e. The fraction of sp³-hybridized carbons (Fsp3) is 0.370. The Hall–Kier alpha value is -3.16. The van der Waals surface area contributed by atoms with Crippen LogP contribution < -0.4 is 0 Å². The van der Waals surface area contributed by atoms with Crippen molar-refractivity contribution in [3.8, 4) is 0 Å². The molecule has 3 aromatic rings. The highest BCUT2D eigenvalue weighted by molar-refractivity contribution is 6.31. The Bertz CT molecular complexity index is 1130. The van der Waals surface area contributed by atoms with Gasteiger partial charge in [0.15, 0.2) is 5.69 Å². The minimum atomic E-state index is -0.295. The maximum absolute atomic E-state index is 13.1. The van der Waals surface area contributed by atoms with E-state index in [4.69, 9.17) is 20.8 Å². The number of aromatic nitrogens is 1. The van der Waals surface area contributed by atoms with Gasteiger partial charge in [-0.1, -0.05) is 60.1 Å². The summed E-state index contributed by atoms with van der Waals surface area (Å²) < 4.78 is 10.8. The summed E-state index contributed by atoms with van der Waals surface area (Å²) in [5.41, 5.74) is 2.41. The quantitative estimate of drug-likeness (QED) is 0.391. The van der Waals surface area contributed by atoms with Gasteiger partial charge in [-0.3, -0.25) is 14.5 Å². The van der Waals surface area contributed by atoms with E-state index in [-0.39, 0.29) is 23.5 Å². The number of halogens is 1. The number of benzene rings is 2. The molecule has 1 aliphatic rings. The van der Waals surface area contributed by atoms with Crippen LogP contribution >= 0.6 is 11.6 Å². The fourth-order valence-electron chi connectivity index (χ4n) is 4.33. The monoisotopic (exact) mass is 495 g/mol. The largest absolute Gasteiger partial charge is 0.466 e. The van der Waals surface area contributed by atoms with Crippen LogP contribution in [0.2, 0.25) is 5.02 Å². The number of amides is 1. The molecule has 1 aromatic heterocycles. The number of hydrogen-bond acceptors (Lipinski definition) is 6. The number of piperidine rings is 1. The minimum Gasteiger partial charge on any atom is -0.466 e. The molecule has 1 atom stereocenters. The van der Waals surface area contributed by atoms with Crippen LogP contribution in [0.25, 0.3) is 0 Å². The lowest BCUT2D eigenvalue weighted by Crippen LogP contribution is -2.43. The topological polar surface area (TPSA) is 75.9 Å². The highest BCUT2D eigenvalue weighted by atomic mass is 35.5. The van der Waals surface area contributed by atoms with Crippen LogP contribution in [0, 0.1) is 5.92 Å². The van der Waals surface area contributed by atoms with Crippen molar-refractivity contribution in [1.82, 2.24) is 14.8 Å². The molecular formula is C27H30ClN3O4. The predicted octanol–water partition coefficient (Wildman–Crippen LogP) is 4.95. The van der Waals surface area contributed by atoms with E-state index in [0.717, 1.165) is 24.0 Å². The number of hydrogen-bond donors (Lipinski definition) is 0. The van der Waals surface area contributed by atoms with E-state index < -0.39 is 0 Å². The summed E-state index contributed by atoms with van der Waals surface area (Å²) in [5, 5.41) is 0.704. The Kier molecular flexibility index (Phi) is 8.55. The second-order valence-electron chi connectivity index (χ2n) is 8.69. The molecule has 0 unspecified atom stereocenters. The number of esters is 1. The first-order valence-corrected chi connectivity index (χ1v) is 12.3. The summed E-state index contributed by atoms with van der Waals surface area (Å²) >= 11 is 6.41. The average molecular weight is 496 g/mol. The molecule has 4 rings (SSSR count). The Morgan fingerprint density at radius 3 is 2.66 bits per heavy atom. The molecule has 7 nitrogen and oxygen atoms in total. The van der Waals surface area contributed by atoms with Gasteiger partial charge in [-0.05, 0) is 37.0 Å². The molecule has 1 saturated heterocycles. The maximum atomic E-state index is 13.1. The number of ether oxygens (including phenoxy) is 1. The Morgan fingerprint density at radius 2 is 1.89 bits per heavy atom. The lowest BCUT2D eigenvalue weighted by atomic mass is 9.98. The number of nitrogens with zero attached hydrogens (tertiary/aromatic N) is 3. The molecule has 0 N–H and O–H groups in total. The first-order valence-electron chi connectivity index (χ1n) is 11.9. The molecule has 184 valence electrons. The third-order valence-electron chi connectivity index (χ3n) is 6.06. The van der Waals surface area contributed by atoms with Crippen LogP contribution in [0.15, 0.2) is 65.3 Å². The summed E-state index contributed by atoms with van der Waals surface area (Å²) in [6.45, 7) is 4.74. The Morgan fingerprint density at radius 1 is 1.11 bits per heavy atom. The number of rotatable bonds is 9. The number of carbonyl (C=O) groups excluding carboxylic acids is 2. The van der Waals surface area contributed by atoms with Gasteiger partial charge in [0, 0.05) is 31.2 Å². The second kappa shape index (κ2) is 12.0. The van der Waals surface area contributed by atoms with Crippen molar-refractivity contribution in [2.75, 3.05) is 19.7 Å². The molecule has 1 aliphatic heterocycles. The molecule has 0 spiro atoms. The van der Waals surface area contributed by atoms with Crippen molar-refractivity contribution in [3.63, 3.8) is 0 Å². The SMILES string of the molecule is CCOC(=O)[C@H]1CCCN(C(=O)c2coc(CN(Cc3ccccc3)Cc3ccccc3Cl)n2)C1. The molecule has 1 fully saturated rings. The van der Waals surface area contributed by atoms with Gasteiger partial charge < -0.3 is 14.1 Å². The first-order chi connectivity index (χ1) is 17.0. The normalized spacial score (nSPS) is 15.9. The van der Waals surface area contributed by atoms with Gasteiger partial charge in [0.2, 0.25) is 5.89 Å². The molecule has 0 bridgehead atoms. The third-order valence-corrected chi connectivity index (χ3v) is 6.43. The van der Waals surface area contributed by atoms with Crippen LogP contribution in [0.5, 0.6) is 0 Å². The van der Waals surface area contributed by atoms with Crippen molar-refractivity contribution in [3.05, 3.63) is 88.6 Å². The smallest absolute Gasteiger partial charge is 0.310 e. The number of oxazole rings is 1. The van der Waals surface area contributed by atoms with E-state index in [1.54, 1.807) is 11.8 Å². The van der Waals surface area contributed by atoms with Crippen molar-refractivity contribution in [2.45, 2.75) is 39.4 Å². The van der Waals surface area contributed by atoms with E-state index in [9.17, 15) is 9.59 Å². The van der Waals surface area contributed by atoms with Crippen molar-refractivity contribution >= 4 is 23.5 Å². The van der Waals surface area contributed by atoms with Crippen molar-refractivity contribution in [1.29, 1.82) is 0 Å². The van der Waals surface area contributed by atoms with Crippen LogP contribution in [-0.2, 0) is 29.2 Å². The van der Waals surface area contributed by atoms with Crippen LogP contribution in [0.3, 0.4) is 0 Å². The van der Waals surface area contributed by atoms with E-state index in [0.29, 0.717) is 50.2 Å². The minimum absolute atomic E-state index is 0.227. The molecule has 1 amide bonds. The van der Waals surface area contributed by atoms with Gasteiger partial charge in [-0.15, -0.1) is 0 Å². The van der Waals surface area contributed by atoms with Crippen LogP contribution in [0.4, 0.5) is 0 Å². The van der Waals surface area contributed by atoms with Gasteiger partial charge in [0.25, 0.3) is 5.91 Å². The lowest BCUT2D eigenvalue weighted by molar-refractivity contribution is -0.149. The highest BCUT2D eigenvalue weighted by Gasteiger charge is 2.31. The predicted molar refractivity (Wildman–Crippen MR) is 133 cm³/mol. The van der Waals surface area contributed by atoms with Crippen molar-refractivity contribution < 1.29 is 18.7 Å². The van der Waals surface area contributed by atoms with Gasteiger partial charge in [0.1, 0.15) is 6.26 Å². The van der Waals surface area contributed by atoms with E-state index >= 15 is 0 Å². The summed E-state index contributed by atoms with van der Waals surface area (Å²) in [4.78, 5) is 33.5. The molecule has 0 radical (unpaired) electrons. The Balaban J connectivity index is 1.45. The zero-order valence-electron chi connectivity index (χ0n) is 19.9. The van der Waals surface area contributed by atoms with Gasteiger partial charge in [-0.2, -0.15) is 0 Å². The molecule has 2 aromatic carbocycles. The van der Waals surface area contributed by atoms with Crippen LogP contribution in [0.1, 0.15) is 47.3 Å². The summed E-state index contributed by atoms with van der Waals surface area (Å²) in [6.07, 6.45) is 2.88. The summed E-state index contributed by atoms with van der Waals surface area (Å²) in [5.74, 6) is -0.317. The average Bonchev–Trinajstić information content (AvgIpc) is 3.34. The highest BCUT2D eigenvalue weighted by Crippen LogP contribution is 2.22. The van der Waals surface area contributed by atoms with E-state index in [1.807, 2.05) is 42.5 Å². The zero-order chi connectivity index (χ0) is 24.6. The second-order valence-corrected chi connectivity index (χ2v) is 9.10. The fourth-order valence-corrected chi connectivity index (χ4v) is 4.52. The van der Waals surface area contributed by atoms with E-state index in [2.05, 4.69) is 22.0 Å². The van der Waals surface area contributed by atoms with Gasteiger partial charge in [-0.25, -0.2) is 4.98 Å². The van der Waals surface area contributed by atoms with Crippen LogP contribution in [-0.4, -0.2) is 46.4 Å². The third kappa shape index (κ3) is 6.71. The molecule has 0 saturated carbocycles. The summed E-state index contributed by atoms with van der Waals surface area (Å²) in [7, 11) is 0. The van der Waals surface area contributed by atoms with Gasteiger partial charge in [0.05, 0.1) is 19.1 Å². The van der Waals surface area contributed by atoms with E-state index in [1.165, 1.54) is 6.26 Å². The number of likely N-dealkylation sites (tertiary alicyclic amines) is 1. The number of carbonyl (C=O) groups is 2. The molecule has 35 heavy (non-hydrogen) atoms.